The Morgan fingerprint density at radius 1 is 1.33 bits per heavy atom. The molecule has 1 aliphatic rings. The number of benzene rings is 1. The van der Waals surface area contributed by atoms with Crippen LogP contribution in [0.1, 0.15) is 38.2 Å². The highest BCUT2D eigenvalue weighted by Gasteiger charge is 2.26. The lowest BCUT2D eigenvalue weighted by atomic mass is 9.87. The first-order chi connectivity index (χ1) is 9.58. The van der Waals surface area contributed by atoms with Crippen LogP contribution in [0.4, 0.5) is 0 Å². The second-order valence-electron chi connectivity index (χ2n) is 5.81. The Hall–Kier alpha value is -0.770. The Morgan fingerprint density at radius 2 is 2.00 bits per heavy atom. The number of hydrogen-bond acceptors (Lipinski definition) is 2. The normalized spacial score (nSPS) is 17.1. The summed E-state index contributed by atoms with van der Waals surface area (Å²) in [6, 6.07) is 7.93. The number of halogens is 2. The van der Waals surface area contributed by atoms with Gasteiger partial charge in [-0.2, -0.15) is 0 Å². The molecule has 1 saturated heterocycles. The maximum Gasteiger partial charge on any atom is 0.228 e. The Kier molecular flexibility index (Phi) is 7.50. The summed E-state index contributed by atoms with van der Waals surface area (Å²) in [6.07, 6.45) is 2.01. The van der Waals surface area contributed by atoms with E-state index in [-0.39, 0.29) is 30.2 Å². The van der Waals surface area contributed by atoms with Crippen LogP contribution in [0.25, 0.3) is 0 Å². The average molecular weight is 331 g/mol. The molecule has 1 heterocycles. The highest BCUT2D eigenvalue weighted by Crippen LogP contribution is 2.27. The Bertz CT molecular complexity index is 459. The smallest absolute Gasteiger partial charge is 0.228 e. The van der Waals surface area contributed by atoms with Crippen molar-refractivity contribution in [2.24, 2.45) is 5.92 Å². The topological polar surface area (TPSA) is 41.1 Å². The molecule has 21 heavy (non-hydrogen) atoms. The molecule has 0 aliphatic carbocycles. The highest BCUT2D eigenvalue weighted by atomic mass is 35.5. The molecular weight excluding hydrogens is 307 g/mol. The van der Waals surface area contributed by atoms with Crippen LogP contribution in [-0.2, 0) is 4.79 Å². The van der Waals surface area contributed by atoms with E-state index in [9.17, 15) is 4.79 Å². The summed E-state index contributed by atoms with van der Waals surface area (Å²) in [5.41, 5.74) is 0.999. The van der Waals surface area contributed by atoms with Crippen molar-refractivity contribution in [1.82, 2.24) is 10.6 Å². The first-order valence-electron chi connectivity index (χ1n) is 7.34. The molecular formula is C16H24Cl2N2O. The molecule has 1 unspecified atom stereocenters. The van der Waals surface area contributed by atoms with E-state index in [4.69, 9.17) is 11.6 Å². The molecule has 1 aromatic rings. The van der Waals surface area contributed by atoms with Crippen molar-refractivity contribution in [2.75, 3.05) is 13.1 Å². The van der Waals surface area contributed by atoms with Gasteiger partial charge in [-0.05, 0) is 49.5 Å². The Labute approximate surface area is 138 Å². The minimum absolute atomic E-state index is 0. The molecule has 0 bridgehead atoms. The third-order valence-electron chi connectivity index (χ3n) is 3.84. The fourth-order valence-electron chi connectivity index (χ4n) is 2.80. The minimum atomic E-state index is -0.136. The molecule has 0 aromatic heterocycles. The van der Waals surface area contributed by atoms with E-state index in [0.29, 0.717) is 11.1 Å². The largest absolute Gasteiger partial charge is 0.353 e. The lowest BCUT2D eigenvalue weighted by Gasteiger charge is -2.27. The molecule has 1 atom stereocenters. The number of amides is 1. The van der Waals surface area contributed by atoms with Crippen LogP contribution < -0.4 is 10.6 Å². The van der Waals surface area contributed by atoms with E-state index < -0.39 is 0 Å². The van der Waals surface area contributed by atoms with Crippen LogP contribution in [0.2, 0.25) is 5.02 Å². The van der Waals surface area contributed by atoms with E-state index in [1.54, 1.807) is 0 Å². The van der Waals surface area contributed by atoms with Gasteiger partial charge < -0.3 is 10.6 Å². The van der Waals surface area contributed by atoms with Crippen LogP contribution in [0, 0.1) is 5.92 Å². The van der Waals surface area contributed by atoms with Crippen molar-refractivity contribution in [2.45, 2.75) is 38.6 Å². The average Bonchev–Trinajstić information content (AvgIpc) is 2.39. The summed E-state index contributed by atoms with van der Waals surface area (Å²) in [6.45, 7) is 6.12. The quantitative estimate of drug-likeness (QED) is 0.888. The van der Waals surface area contributed by atoms with Gasteiger partial charge in [0.15, 0.2) is 0 Å². The number of hydrogen-bond donors (Lipinski definition) is 2. The van der Waals surface area contributed by atoms with Crippen LogP contribution in [0.3, 0.4) is 0 Å². The SMILES string of the molecule is CC(C)C(C(=O)NC1CCNCC1)c1cccc(Cl)c1.Cl. The van der Waals surface area contributed by atoms with Crippen molar-refractivity contribution in [3.63, 3.8) is 0 Å². The molecule has 3 nitrogen and oxygen atoms in total. The van der Waals surface area contributed by atoms with Gasteiger partial charge in [-0.1, -0.05) is 37.6 Å². The van der Waals surface area contributed by atoms with E-state index in [1.165, 1.54) is 0 Å². The third kappa shape index (κ3) is 5.17. The monoisotopic (exact) mass is 330 g/mol. The predicted molar refractivity (Wildman–Crippen MR) is 90.3 cm³/mol. The standard InChI is InChI=1S/C16H23ClN2O.ClH/c1-11(2)15(12-4-3-5-13(17)10-12)16(20)19-14-6-8-18-9-7-14;/h3-5,10-11,14-15,18H,6-9H2,1-2H3,(H,19,20);1H. The molecule has 1 fully saturated rings. The zero-order valence-electron chi connectivity index (χ0n) is 12.6. The van der Waals surface area contributed by atoms with Crippen molar-refractivity contribution in [3.05, 3.63) is 34.9 Å². The molecule has 5 heteroatoms. The summed E-state index contributed by atoms with van der Waals surface area (Å²) in [4.78, 5) is 12.6. The summed E-state index contributed by atoms with van der Waals surface area (Å²) in [7, 11) is 0. The van der Waals surface area contributed by atoms with Crippen LogP contribution in [-0.4, -0.2) is 25.0 Å². The fraction of sp³-hybridized carbons (Fsp3) is 0.562. The molecule has 1 aromatic carbocycles. The van der Waals surface area contributed by atoms with Gasteiger partial charge in [-0.25, -0.2) is 0 Å². The maximum atomic E-state index is 12.6. The summed E-state index contributed by atoms with van der Waals surface area (Å²) in [5.74, 6) is 0.230. The number of carbonyl (C=O) groups excluding carboxylic acids is 1. The van der Waals surface area contributed by atoms with Gasteiger partial charge in [0.05, 0.1) is 5.92 Å². The summed E-state index contributed by atoms with van der Waals surface area (Å²) in [5, 5.41) is 7.19. The molecule has 2 N–H and O–H groups in total. The summed E-state index contributed by atoms with van der Waals surface area (Å²) >= 11 is 6.05. The van der Waals surface area contributed by atoms with Crippen LogP contribution in [0.15, 0.2) is 24.3 Å². The zero-order valence-corrected chi connectivity index (χ0v) is 14.1. The van der Waals surface area contributed by atoms with Crippen molar-refractivity contribution in [1.29, 1.82) is 0 Å². The predicted octanol–water partition coefficient (Wildman–Crippen LogP) is 3.37. The fourth-order valence-corrected chi connectivity index (χ4v) is 3.00. The van der Waals surface area contributed by atoms with E-state index >= 15 is 0 Å². The van der Waals surface area contributed by atoms with Gasteiger partial charge in [0.25, 0.3) is 0 Å². The van der Waals surface area contributed by atoms with E-state index in [1.807, 2.05) is 24.3 Å². The van der Waals surface area contributed by atoms with Crippen LogP contribution >= 0.6 is 24.0 Å². The molecule has 0 saturated carbocycles. The number of nitrogens with one attached hydrogen (secondary N) is 2. The molecule has 2 rings (SSSR count). The third-order valence-corrected chi connectivity index (χ3v) is 4.08. The van der Waals surface area contributed by atoms with Crippen molar-refractivity contribution in [3.8, 4) is 0 Å². The van der Waals surface area contributed by atoms with Gasteiger partial charge >= 0.3 is 0 Å². The summed E-state index contributed by atoms with van der Waals surface area (Å²) < 4.78 is 0. The van der Waals surface area contributed by atoms with Gasteiger partial charge in [0, 0.05) is 11.1 Å². The second-order valence-corrected chi connectivity index (χ2v) is 6.25. The van der Waals surface area contributed by atoms with Gasteiger partial charge in [-0.3, -0.25) is 4.79 Å². The molecule has 1 amide bonds. The van der Waals surface area contributed by atoms with Gasteiger partial charge in [-0.15, -0.1) is 12.4 Å². The second kappa shape index (κ2) is 8.62. The van der Waals surface area contributed by atoms with Crippen molar-refractivity contribution < 1.29 is 4.79 Å². The Morgan fingerprint density at radius 3 is 2.57 bits per heavy atom. The maximum absolute atomic E-state index is 12.6. The molecule has 118 valence electrons. The number of rotatable bonds is 4. The van der Waals surface area contributed by atoms with E-state index in [0.717, 1.165) is 31.5 Å². The minimum Gasteiger partial charge on any atom is -0.353 e. The number of carbonyl (C=O) groups is 1. The highest BCUT2D eigenvalue weighted by molar-refractivity contribution is 6.30. The van der Waals surface area contributed by atoms with Crippen LogP contribution in [0.5, 0.6) is 0 Å². The zero-order chi connectivity index (χ0) is 14.5. The van der Waals surface area contributed by atoms with Gasteiger partial charge in [0.1, 0.15) is 0 Å². The lowest BCUT2D eigenvalue weighted by Crippen LogP contribution is -2.45. The Balaban J connectivity index is 0.00000220. The molecule has 0 radical (unpaired) electrons. The van der Waals surface area contributed by atoms with E-state index in [2.05, 4.69) is 24.5 Å². The number of piperidine rings is 1. The first-order valence-corrected chi connectivity index (χ1v) is 7.72. The molecule has 0 spiro atoms. The molecule has 1 aliphatic heterocycles. The van der Waals surface area contributed by atoms with Crippen molar-refractivity contribution >= 4 is 29.9 Å². The van der Waals surface area contributed by atoms with Gasteiger partial charge in [0.2, 0.25) is 5.91 Å². The first kappa shape index (κ1) is 18.3. The lowest BCUT2D eigenvalue weighted by molar-refractivity contribution is -0.124.